The molecule has 0 bridgehead atoms. The number of rotatable bonds is 4. The number of hydrogen-bond donors (Lipinski definition) is 2. The number of hydrogen-bond acceptors (Lipinski definition) is 2. The van der Waals surface area contributed by atoms with E-state index in [1.165, 1.54) is 11.1 Å². The minimum atomic E-state index is -0.905. The van der Waals surface area contributed by atoms with Gasteiger partial charge in [-0.15, -0.1) is 0 Å². The van der Waals surface area contributed by atoms with Crippen molar-refractivity contribution in [1.82, 2.24) is 0 Å². The summed E-state index contributed by atoms with van der Waals surface area (Å²) in [7, 11) is 0. The highest BCUT2D eigenvalue weighted by atomic mass is 16.4. The summed E-state index contributed by atoms with van der Waals surface area (Å²) >= 11 is 0. The first-order chi connectivity index (χ1) is 9.06. The molecular weight excluding hydrogens is 238 g/mol. The van der Waals surface area contributed by atoms with Gasteiger partial charge >= 0.3 is 5.97 Å². The van der Waals surface area contributed by atoms with E-state index in [1.54, 1.807) is 24.3 Å². The first-order valence-electron chi connectivity index (χ1n) is 6.23. The highest BCUT2D eigenvalue weighted by Gasteiger charge is 2.06. The lowest BCUT2D eigenvalue weighted by atomic mass is 10.1. The Balaban J connectivity index is 2.08. The number of carboxylic acids is 1. The maximum atomic E-state index is 10.8. The van der Waals surface area contributed by atoms with Crippen molar-refractivity contribution in [1.29, 1.82) is 0 Å². The molecule has 0 saturated heterocycles. The Morgan fingerprint density at radius 3 is 2.16 bits per heavy atom. The maximum absolute atomic E-state index is 10.8. The molecule has 0 aliphatic carbocycles. The molecule has 1 atom stereocenters. The number of aryl methyl sites for hydroxylation is 1. The molecule has 0 radical (unpaired) electrons. The summed E-state index contributed by atoms with van der Waals surface area (Å²) in [6, 6.07) is 15.3. The van der Waals surface area contributed by atoms with Gasteiger partial charge in [0.15, 0.2) is 0 Å². The van der Waals surface area contributed by atoms with Crippen LogP contribution >= 0.6 is 0 Å². The molecule has 0 aliphatic rings. The standard InChI is InChI=1S/C16H17NO2/c1-11-3-5-13(6-4-11)12(2)17-15-9-7-14(8-10-15)16(18)19/h3-10,12,17H,1-2H3,(H,18,19). The zero-order valence-electron chi connectivity index (χ0n) is 11.1. The minimum absolute atomic E-state index is 0.177. The normalized spacial score (nSPS) is 11.9. The van der Waals surface area contributed by atoms with E-state index >= 15 is 0 Å². The number of nitrogens with one attached hydrogen (secondary N) is 1. The van der Waals surface area contributed by atoms with Crippen LogP contribution in [0.25, 0.3) is 0 Å². The van der Waals surface area contributed by atoms with Crippen molar-refractivity contribution in [2.24, 2.45) is 0 Å². The summed E-state index contributed by atoms with van der Waals surface area (Å²) < 4.78 is 0. The number of carbonyl (C=O) groups is 1. The summed E-state index contributed by atoms with van der Waals surface area (Å²) in [6.45, 7) is 4.14. The maximum Gasteiger partial charge on any atom is 0.335 e. The molecule has 2 N–H and O–H groups in total. The van der Waals surface area contributed by atoms with Gasteiger partial charge in [0.05, 0.1) is 5.56 Å². The second kappa shape index (κ2) is 5.57. The molecule has 0 saturated carbocycles. The number of carboxylic acid groups (broad SMARTS) is 1. The largest absolute Gasteiger partial charge is 0.478 e. The topological polar surface area (TPSA) is 49.3 Å². The van der Waals surface area contributed by atoms with Gasteiger partial charge in [-0.25, -0.2) is 4.79 Å². The summed E-state index contributed by atoms with van der Waals surface area (Å²) in [6.07, 6.45) is 0. The number of anilines is 1. The lowest BCUT2D eigenvalue weighted by Crippen LogP contribution is -2.06. The van der Waals surface area contributed by atoms with Gasteiger partial charge in [0, 0.05) is 11.7 Å². The Labute approximate surface area is 112 Å². The van der Waals surface area contributed by atoms with Crippen LogP contribution in [0.4, 0.5) is 5.69 Å². The van der Waals surface area contributed by atoms with E-state index in [0.29, 0.717) is 5.56 Å². The zero-order chi connectivity index (χ0) is 13.8. The van der Waals surface area contributed by atoms with Crippen LogP contribution in [0.3, 0.4) is 0 Å². The molecule has 3 heteroatoms. The highest BCUT2D eigenvalue weighted by molar-refractivity contribution is 5.88. The van der Waals surface area contributed by atoms with Gasteiger partial charge in [-0.1, -0.05) is 29.8 Å². The molecule has 1 unspecified atom stereocenters. The lowest BCUT2D eigenvalue weighted by Gasteiger charge is -2.16. The molecule has 2 aromatic carbocycles. The molecular formula is C16H17NO2. The van der Waals surface area contributed by atoms with Crippen LogP contribution in [0.15, 0.2) is 48.5 Å². The van der Waals surface area contributed by atoms with Crippen LogP contribution in [0.2, 0.25) is 0 Å². The smallest absolute Gasteiger partial charge is 0.335 e. The van der Waals surface area contributed by atoms with Crippen molar-refractivity contribution < 1.29 is 9.90 Å². The van der Waals surface area contributed by atoms with Crippen molar-refractivity contribution in [2.45, 2.75) is 19.9 Å². The first-order valence-corrected chi connectivity index (χ1v) is 6.23. The summed E-state index contributed by atoms with van der Waals surface area (Å²) in [5, 5.41) is 12.2. The number of benzene rings is 2. The molecule has 19 heavy (non-hydrogen) atoms. The van der Waals surface area contributed by atoms with Crippen LogP contribution in [0, 0.1) is 6.92 Å². The van der Waals surface area contributed by atoms with Gasteiger partial charge in [0.25, 0.3) is 0 Å². The quantitative estimate of drug-likeness (QED) is 0.872. The van der Waals surface area contributed by atoms with Crippen molar-refractivity contribution in [2.75, 3.05) is 5.32 Å². The number of aromatic carboxylic acids is 1. The third-order valence-electron chi connectivity index (χ3n) is 3.09. The van der Waals surface area contributed by atoms with Gasteiger partial charge in [-0.2, -0.15) is 0 Å². The van der Waals surface area contributed by atoms with E-state index in [-0.39, 0.29) is 6.04 Å². The lowest BCUT2D eigenvalue weighted by molar-refractivity contribution is 0.0697. The molecule has 0 spiro atoms. The Kier molecular flexibility index (Phi) is 3.85. The third kappa shape index (κ3) is 3.35. The van der Waals surface area contributed by atoms with Gasteiger partial charge in [-0.3, -0.25) is 0 Å². The van der Waals surface area contributed by atoms with Crippen LogP contribution in [-0.2, 0) is 0 Å². The fourth-order valence-corrected chi connectivity index (χ4v) is 1.90. The van der Waals surface area contributed by atoms with Gasteiger partial charge in [-0.05, 0) is 43.7 Å². The summed E-state index contributed by atoms with van der Waals surface area (Å²) in [4.78, 5) is 10.8. The zero-order valence-corrected chi connectivity index (χ0v) is 11.1. The van der Waals surface area contributed by atoms with Crippen molar-refractivity contribution >= 4 is 11.7 Å². The summed E-state index contributed by atoms with van der Waals surface area (Å²) in [5.41, 5.74) is 3.65. The molecule has 0 fully saturated rings. The fourth-order valence-electron chi connectivity index (χ4n) is 1.90. The molecule has 2 rings (SSSR count). The molecule has 0 aliphatic heterocycles. The molecule has 0 amide bonds. The third-order valence-corrected chi connectivity index (χ3v) is 3.09. The van der Waals surface area contributed by atoms with E-state index in [4.69, 9.17) is 5.11 Å². The second-order valence-corrected chi connectivity index (χ2v) is 4.66. The SMILES string of the molecule is Cc1ccc(C(C)Nc2ccc(C(=O)O)cc2)cc1. The molecule has 2 aromatic rings. The Bertz CT molecular complexity index is 558. The minimum Gasteiger partial charge on any atom is -0.478 e. The average molecular weight is 255 g/mol. The summed E-state index contributed by atoms with van der Waals surface area (Å²) in [5.74, 6) is -0.905. The molecule has 3 nitrogen and oxygen atoms in total. The Morgan fingerprint density at radius 2 is 1.63 bits per heavy atom. The van der Waals surface area contributed by atoms with E-state index in [1.807, 2.05) is 0 Å². The Hall–Kier alpha value is -2.29. The van der Waals surface area contributed by atoms with Crippen LogP contribution < -0.4 is 5.32 Å². The monoisotopic (exact) mass is 255 g/mol. The van der Waals surface area contributed by atoms with Crippen LogP contribution in [0.5, 0.6) is 0 Å². The average Bonchev–Trinajstić information content (AvgIpc) is 2.40. The van der Waals surface area contributed by atoms with E-state index < -0.39 is 5.97 Å². The second-order valence-electron chi connectivity index (χ2n) is 4.66. The van der Waals surface area contributed by atoms with Crippen LogP contribution in [-0.4, -0.2) is 11.1 Å². The molecule has 0 aromatic heterocycles. The molecule has 98 valence electrons. The highest BCUT2D eigenvalue weighted by Crippen LogP contribution is 2.20. The van der Waals surface area contributed by atoms with E-state index in [0.717, 1.165) is 5.69 Å². The van der Waals surface area contributed by atoms with Crippen molar-refractivity contribution in [3.8, 4) is 0 Å². The van der Waals surface area contributed by atoms with Crippen LogP contribution in [0.1, 0.15) is 34.5 Å². The van der Waals surface area contributed by atoms with Gasteiger partial charge in [0.2, 0.25) is 0 Å². The first kappa shape index (κ1) is 13.1. The predicted molar refractivity (Wildman–Crippen MR) is 76.6 cm³/mol. The van der Waals surface area contributed by atoms with Crippen molar-refractivity contribution in [3.05, 3.63) is 65.2 Å². The Morgan fingerprint density at radius 1 is 1.05 bits per heavy atom. The van der Waals surface area contributed by atoms with Crippen molar-refractivity contribution in [3.63, 3.8) is 0 Å². The van der Waals surface area contributed by atoms with Gasteiger partial charge < -0.3 is 10.4 Å². The van der Waals surface area contributed by atoms with E-state index in [9.17, 15) is 4.79 Å². The molecule has 0 heterocycles. The van der Waals surface area contributed by atoms with Gasteiger partial charge in [0.1, 0.15) is 0 Å². The van der Waals surface area contributed by atoms with E-state index in [2.05, 4.69) is 43.4 Å². The predicted octanol–water partition coefficient (Wildman–Crippen LogP) is 3.87. The fraction of sp³-hybridized carbons (Fsp3) is 0.188.